The Hall–Kier alpha value is -1.39. The molecule has 2 rings (SSSR count). The van der Waals surface area contributed by atoms with Crippen molar-refractivity contribution in [1.82, 2.24) is 10.2 Å². The van der Waals surface area contributed by atoms with Gasteiger partial charge in [-0.3, -0.25) is 9.69 Å². The maximum atomic E-state index is 11.2. The summed E-state index contributed by atoms with van der Waals surface area (Å²) in [5.41, 5.74) is 8.08. The molecule has 21 heavy (non-hydrogen) atoms. The Kier molecular flexibility index (Phi) is 6.21. The molecule has 116 valence electrons. The van der Waals surface area contributed by atoms with Crippen molar-refractivity contribution in [2.45, 2.75) is 32.7 Å². The van der Waals surface area contributed by atoms with Crippen LogP contribution in [0, 0.1) is 5.92 Å². The first-order chi connectivity index (χ1) is 10.2. The topological polar surface area (TPSA) is 58.4 Å². The molecule has 1 aliphatic rings. The monoisotopic (exact) mass is 289 g/mol. The van der Waals surface area contributed by atoms with Gasteiger partial charge in [0.25, 0.3) is 0 Å². The van der Waals surface area contributed by atoms with Crippen molar-refractivity contribution >= 4 is 5.91 Å². The van der Waals surface area contributed by atoms with E-state index < -0.39 is 0 Å². The molecule has 0 spiro atoms. The summed E-state index contributed by atoms with van der Waals surface area (Å²) in [6, 6.07) is 8.94. The van der Waals surface area contributed by atoms with Gasteiger partial charge >= 0.3 is 0 Å². The van der Waals surface area contributed by atoms with E-state index in [1.807, 2.05) is 0 Å². The maximum Gasteiger partial charge on any atom is 0.233 e. The van der Waals surface area contributed by atoms with Gasteiger partial charge in [0.1, 0.15) is 0 Å². The fourth-order valence-corrected chi connectivity index (χ4v) is 2.82. The Morgan fingerprint density at radius 2 is 1.86 bits per heavy atom. The molecular formula is C17H27N3O. The highest BCUT2D eigenvalue weighted by molar-refractivity contribution is 5.77. The first-order valence-electron chi connectivity index (χ1n) is 7.98. The third-order valence-electron chi connectivity index (χ3n) is 4.32. The number of nitrogens with zero attached hydrogens (tertiary/aromatic N) is 1. The minimum absolute atomic E-state index is 0.0477. The molecule has 0 aliphatic carbocycles. The number of aryl methyl sites for hydroxylation is 1. The van der Waals surface area contributed by atoms with E-state index >= 15 is 0 Å². The van der Waals surface area contributed by atoms with Gasteiger partial charge in [-0.25, -0.2) is 0 Å². The van der Waals surface area contributed by atoms with E-state index in [-0.39, 0.29) is 12.5 Å². The molecule has 0 bridgehead atoms. The van der Waals surface area contributed by atoms with E-state index in [1.54, 1.807) is 0 Å². The largest absolute Gasteiger partial charge is 0.355 e. The summed E-state index contributed by atoms with van der Waals surface area (Å²) in [4.78, 5) is 13.7. The minimum Gasteiger partial charge on any atom is -0.355 e. The molecule has 0 unspecified atom stereocenters. The molecule has 1 saturated heterocycles. The van der Waals surface area contributed by atoms with Crippen LogP contribution in [-0.4, -0.2) is 37.0 Å². The Bertz CT molecular complexity index is 436. The van der Waals surface area contributed by atoms with E-state index in [4.69, 9.17) is 5.73 Å². The summed E-state index contributed by atoms with van der Waals surface area (Å²) < 4.78 is 0. The zero-order chi connectivity index (χ0) is 15.1. The van der Waals surface area contributed by atoms with Crippen LogP contribution in [0.3, 0.4) is 0 Å². The molecule has 1 aromatic rings. The zero-order valence-corrected chi connectivity index (χ0v) is 13.0. The molecule has 0 radical (unpaired) electrons. The third-order valence-corrected chi connectivity index (χ3v) is 4.32. The van der Waals surface area contributed by atoms with Crippen molar-refractivity contribution in [2.75, 3.05) is 26.2 Å². The smallest absolute Gasteiger partial charge is 0.233 e. The van der Waals surface area contributed by atoms with Gasteiger partial charge in [-0.2, -0.15) is 0 Å². The Labute approximate surface area is 127 Å². The van der Waals surface area contributed by atoms with Crippen molar-refractivity contribution in [1.29, 1.82) is 0 Å². The van der Waals surface area contributed by atoms with Crippen molar-refractivity contribution < 1.29 is 4.79 Å². The number of nitrogens with one attached hydrogen (secondary N) is 1. The van der Waals surface area contributed by atoms with Crippen molar-refractivity contribution in [2.24, 2.45) is 11.7 Å². The van der Waals surface area contributed by atoms with Gasteiger partial charge in [0, 0.05) is 13.1 Å². The van der Waals surface area contributed by atoms with Crippen LogP contribution in [0.25, 0.3) is 0 Å². The summed E-state index contributed by atoms with van der Waals surface area (Å²) in [5, 5.41) is 2.90. The van der Waals surface area contributed by atoms with Crippen LogP contribution >= 0.6 is 0 Å². The van der Waals surface area contributed by atoms with Gasteiger partial charge in [-0.15, -0.1) is 0 Å². The first-order valence-corrected chi connectivity index (χ1v) is 7.98. The lowest BCUT2D eigenvalue weighted by atomic mass is 9.96. The van der Waals surface area contributed by atoms with Gasteiger partial charge in [0.05, 0.1) is 6.54 Å². The highest BCUT2D eigenvalue weighted by Crippen LogP contribution is 2.18. The molecule has 3 N–H and O–H groups in total. The average Bonchev–Trinajstić information content (AvgIpc) is 2.54. The maximum absolute atomic E-state index is 11.2. The summed E-state index contributed by atoms with van der Waals surface area (Å²) in [6.45, 7) is 6.30. The van der Waals surface area contributed by atoms with Gasteiger partial charge in [0.15, 0.2) is 0 Å². The molecule has 4 nitrogen and oxygen atoms in total. The van der Waals surface area contributed by atoms with Crippen LogP contribution in [0.4, 0.5) is 0 Å². The second kappa shape index (κ2) is 8.15. The molecule has 0 aromatic heterocycles. The van der Waals surface area contributed by atoms with E-state index in [1.165, 1.54) is 11.1 Å². The molecule has 0 saturated carbocycles. The predicted molar refractivity (Wildman–Crippen MR) is 85.9 cm³/mol. The number of piperidine rings is 1. The number of rotatable bonds is 6. The lowest BCUT2D eigenvalue weighted by molar-refractivity contribution is -0.120. The van der Waals surface area contributed by atoms with E-state index in [0.29, 0.717) is 5.92 Å². The van der Waals surface area contributed by atoms with Crippen molar-refractivity contribution in [3.8, 4) is 0 Å². The Balaban J connectivity index is 1.72. The van der Waals surface area contributed by atoms with Crippen LogP contribution in [0.5, 0.6) is 0 Å². The third kappa shape index (κ3) is 5.14. The van der Waals surface area contributed by atoms with Crippen LogP contribution in [0.2, 0.25) is 0 Å². The van der Waals surface area contributed by atoms with Gasteiger partial charge in [0.2, 0.25) is 5.91 Å². The fourth-order valence-electron chi connectivity index (χ4n) is 2.82. The summed E-state index contributed by atoms with van der Waals surface area (Å²) in [5.74, 6) is 0.549. The molecule has 1 aromatic carbocycles. The van der Waals surface area contributed by atoms with Crippen molar-refractivity contribution in [3.05, 3.63) is 35.4 Å². The summed E-state index contributed by atoms with van der Waals surface area (Å²) >= 11 is 0. The van der Waals surface area contributed by atoms with Crippen LogP contribution in [-0.2, 0) is 17.8 Å². The average molecular weight is 289 g/mol. The Morgan fingerprint density at radius 3 is 2.43 bits per heavy atom. The van der Waals surface area contributed by atoms with Crippen LogP contribution in [0.15, 0.2) is 24.3 Å². The van der Waals surface area contributed by atoms with Gasteiger partial charge in [-0.05, 0) is 49.4 Å². The number of likely N-dealkylation sites (tertiary alicyclic amines) is 1. The number of amides is 1. The lowest BCUT2D eigenvalue weighted by Crippen LogP contribution is -2.39. The fraction of sp³-hybridized carbons (Fsp3) is 0.588. The van der Waals surface area contributed by atoms with Gasteiger partial charge in [-0.1, -0.05) is 31.2 Å². The highest BCUT2D eigenvalue weighted by atomic mass is 16.1. The number of carbonyl (C=O) groups excluding carboxylic acids is 1. The molecule has 0 atom stereocenters. The first kappa shape index (κ1) is 16.0. The summed E-state index contributed by atoms with van der Waals surface area (Å²) in [6.07, 6.45) is 3.40. The molecule has 1 aliphatic heterocycles. The minimum atomic E-state index is -0.0477. The molecular weight excluding hydrogens is 262 g/mol. The van der Waals surface area contributed by atoms with Gasteiger partial charge < -0.3 is 11.1 Å². The number of nitrogens with two attached hydrogens (primary N) is 1. The quantitative estimate of drug-likeness (QED) is 0.835. The zero-order valence-electron chi connectivity index (χ0n) is 13.0. The Morgan fingerprint density at radius 1 is 1.24 bits per heavy atom. The van der Waals surface area contributed by atoms with Crippen molar-refractivity contribution in [3.63, 3.8) is 0 Å². The normalized spacial score (nSPS) is 16.9. The van der Waals surface area contributed by atoms with Crippen LogP contribution in [0.1, 0.15) is 30.9 Å². The predicted octanol–water partition coefficient (Wildman–Crippen LogP) is 1.54. The molecule has 1 fully saturated rings. The lowest BCUT2D eigenvalue weighted by Gasteiger charge is -2.32. The van der Waals surface area contributed by atoms with E-state index in [2.05, 4.69) is 41.4 Å². The standard InChI is InChI=1S/C17H27N3O/c1-2-14-3-5-16(6-4-14)13-20-9-7-15(8-10-20)12-19-17(21)11-18/h3-6,15H,2,7-13,18H2,1H3,(H,19,21). The second-order valence-corrected chi connectivity index (χ2v) is 5.90. The number of benzene rings is 1. The number of hydrogen-bond acceptors (Lipinski definition) is 3. The molecule has 1 heterocycles. The SMILES string of the molecule is CCc1ccc(CN2CCC(CNC(=O)CN)CC2)cc1. The van der Waals surface area contributed by atoms with E-state index in [9.17, 15) is 4.79 Å². The van der Waals surface area contributed by atoms with Crippen LogP contribution < -0.4 is 11.1 Å². The molecule has 1 amide bonds. The second-order valence-electron chi connectivity index (χ2n) is 5.90. The summed E-state index contributed by atoms with van der Waals surface area (Å²) in [7, 11) is 0. The molecule has 4 heteroatoms. The van der Waals surface area contributed by atoms with E-state index in [0.717, 1.165) is 45.4 Å². The number of hydrogen-bond donors (Lipinski definition) is 2. The number of carbonyl (C=O) groups is 1. The highest BCUT2D eigenvalue weighted by Gasteiger charge is 2.19.